The number of aromatic nitrogens is 1. The Morgan fingerprint density at radius 2 is 2.21 bits per heavy atom. The Hall–Kier alpha value is -1.47. The van der Waals surface area contributed by atoms with Crippen molar-refractivity contribution in [2.45, 2.75) is 17.0 Å². The van der Waals surface area contributed by atoms with Gasteiger partial charge < -0.3 is 5.11 Å². The average Bonchev–Trinajstić information content (AvgIpc) is 2.69. The van der Waals surface area contributed by atoms with Gasteiger partial charge in [-0.05, 0) is 18.6 Å². The molecule has 2 aromatic rings. The molecule has 0 spiro atoms. The third kappa shape index (κ3) is 3.30. The third-order valence-corrected chi connectivity index (χ3v) is 4.67. The molecule has 0 aliphatic heterocycles. The number of thioether (sulfide) groups is 1. The number of carboxylic acids is 1. The smallest absolute Gasteiger partial charge is 0.347 e. The van der Waals surface area contributed by atoms with E-state index in [-0.39, 0.29) is 10.6 Å². The van der Waals surface area contributed by atoms with E-state index < -0.39 is 17.6 Å². The highest BCUT2D eigenvalue weighted by molar-refractivity contribution is 8.00. The number of aromatic carboxylic acids is 1. The molecule has 1 heterocycles. The van der Waals surface area contributed by atoms with E-state index >= 15 is 0 Å². The summed E-state index contributed by atoms with van der Waals surface area (Å²) in [5.41, 5.74) is 0.802. The Balaban J connectivity index is 2.10. The zero-order valence-corrected chi connectivity index (χ0v) is 11.4. The zero-order valence-electron chi connectivity index (χ0n) is 9.81. The Labute approximate surface area is 116 Å². The van der Waals surface area contributed by atoms with Crippen molar-refractivity contribution in [3.8, 4) is 0 Å². The summed E-state index contributed by atoms with van der Waals surface area (Å²) in [7, 11) is 0. The molecule has 1 aromatic heterocycles. The lowest BCUT2D eigenvalue weighted by molar-refractivity contribution is 0.0701. The van der Waals surface area contributed by atoms with Gasteiger partial charge >= 0.3 is 5.97 Å². The fraction of sp³-hybridized carbons (Fsp3) is 0.167. The maximum absolute atomic E-state index is 13.4. The van der Waals surface area contributed by atoms with Gasteiger partial charge in [-0.25, -0.2) is 18.6 Å². The number of carboxylic acid groups (broad SMARTS) is 1. The molecule has 0 aliphatic rings. The number of aryl methyl sites for hydroxylation is 1. The number of hydrogen-bond donors (Lipinski definition) is 1. The molecule has 0 radical (unpaired) electrons. The predicted octanol–water partition coefficient (Wildman–Crippen LogP) is 3.72. The number of hydrogen-bond acceptors (Lipinski definition) is 4. The summed E-state index contributed by atoms with van der Waals surface area (Å²) >= 11 is 2.28. The number of benzene rings is 1. The molecule has 7 heteroatoms. The summed E-state index contributed by atoms with van der Waals surface area (Å²) < 4.78 is 26.7. The molecule has 3 nitrogen and oxygen atoms in total. The van der Waals surface area contributed by atoms with Gasteiger partial charge in [-0.15, -0.1) is 11.3 Å². The first kappa shape index (κ1) is 14.0. The summed E-state index contributed by atoms with van der Waals surface area (Å²) in [5, 5.41) is 8.90. The summed E-state index contributed by atoms with van der Waals surface area (Å²) in [6.45, 7) is 1.61. The molecule has 100 valence electrons. The molecule has 0 bridgehead atoms. The van der Waals surface area contributed by atoms with Crippen LogP contribution in [0.3, 0.4) is 0 Å². The van der Waals surface area contributed by atoms with Crippen molar-refractivity contribution >= 4 is 29.1 Å². The Morgan fingerprint density at radius 3 is 2.79 bits per heavy atom. The second kappa shape index (κ2) is 5.66. The Bertz CT molecular complexity index is 628. The van der Waals surface area contributed by atoms with Crippen LogP contribution in [-0.4, -0.2) is 16.1 Å². The molecule has 1 N–H and O–H groups in total. The molecule has 0 saturated carbocycles. The van der Waals surface area contributed by atoms with E-state index in [9.17, 15) is 13.6 Å². The van der Waals surface area contributed by atoms with Crippen LogP contribution >= 0.6 is 23.1 Å². The lowest BCUT2D eigenvalue weighted by Crippen LogP contribution is -1.94. The number of halogens is 2. The summed E-state index contributed by atoms with van der Waals surface area (Å²) in [6, 6.07) is 3.39. The molecule has 2 rings (SSSR count). The van der Waals surface area contributed by atoms with Crippen LogP contribution < -0.4 is 0 Å². The van der Waals surface area contributed by atoms with Crippen LogP contribution in [0, 0.1) is 18.6 Å². The fourth-order valence-electron chi connectivity index (χ4n) is 1.41. The number of carbonyl (C=O) groups is 1. The quantitative estimate of drug-likeness (QED) is 0.874. The van der Waals surface area contributed by atoms with E-state index in [4.69, 9.17) is 5.11 Å². The molecule has 0 unspecified atom stereocenters. The maximum Gasteiger partial charge on any atom is 0.347 e. The lowest BCUT2D eigenvalue weighted by atomic mass is 10.2. The van der Waals surface area contributed by atoms with Gasteiger partial charge in [0.05, 0.1) is 5.69 Å². The van der Waals surface area contributed by atoms with Crippen LogP contribution in [0.15, 0.2) is 22.5 Å². The van der Waals surface area contributed by atoms with E-state index in [1.54, 1.807) is 6.92 Å². The molecule has 0 aliphatic carbocycles. The van der Waals surface area contributed by atoms with Crippen LogP contribution in [0.2, 0.25) is 0 Å². The first-order valence-electron chi connectivity index (χ1n) is 5.25. The van der Waals surface area contributed by atoms with Crippen LogP contribution in [0.5, 0.6) is 0 Å². The highest BCUT2D eigenvalue weighted by Gasteiger charge is 2.14. The van der Waals surface area contributed by atoms with Gasteiger partial charge in [0.15, 0.2) is 4.34 Å². The first-order valence-corrected chi connectivity index (χ1v) is 7.05. The van der Waals surface area contributed by atoms with E-state index in [1.807, 2.05) is 0 Å². The highest BCUT2D eigenvalue weighted by atomic mass is 32.2. The Morgan fingerprint density at radius 1 is 1.47 bits per heavy atom. The van der Waals surface area contributed by atoms with Gasteiger partial charge in [0.2, 0.25) is 0 Å². The van der Waals surface area contributed by atoms with Crippen molar-refractivity contribution in [2.24, 2.45) is 0 Å². The Kier molecular flexibility index (Phi) is 4.16. The summed E-state index contributed by atoms with van der Waals surface area (Å²) in [5.74, 6) is -1.98. The van der Waals surface area contributed by atoms with Crippen molar-refractivity contribution in [1.29, 1.82) is 0 Å². The van der Waals surface area contributed by atoms with E-state index in [2.05, 4.69) is 4.98 Å². The highest BCUT2D eigenvalue weighted by Crippen LogP contribution is 2.30. The van der Waals surface area contributed by atoms with Gasteiger partial charge in [-0.2, -0.15) is 0 Å². The van der Waals surface area contributed by atoms with Crippen LogP contribution in [0.4, 0.5) is 8.78 Å². The van der Waals surface area contributed by atoms with Crippen LogP contribution in [0.1, 0.15) is 20.9 Å². The minimum Gasteiger partial charge on any atom is -0.477 e. The van der Waals surface area contributed by atoms with Gasteiger partial charge in [-0.3, -0.25) is 0 Å². The monoisotopic (exact) mass is 301 g/mol. The predicted molar refractivity (Wildman–Crippen MR) is 69.7 cm³/mol. The fourth-order valence-corrected chi connectivity index (χ4v) is 3.42. The topological polar surface area (TPSA) is 50.2 Å². The average molecular weight is 301 g/mol. The van der Waals surface area contributed by atoms with Gasteiger partial charge in [0.25, 0.3) is 0 Å². The van der Waals surface area contributed by atoms with Crippen molar-refractivity contribution in [3.05, 3.63) is 46.0 Å². The van der Waals surface area contributed by atoms with E-state index in [1.165, 1.54) is 23.9 Å². The SMILES string of the molecule is Cc1nc(SCc2ccc(F)cc2F)sc1C(=O)O. The molecule has 19 heavy (non-hydrogen) atoms. The second-order valence-electron chi connectivity index (χ2n) is 3.72. The second-order valence-corrected chi connectivity index (χ2v) is 5.95. The summed E-state index contributed by atoms with van der Waals surface area (Å²) in [6.07, 6.45) is 0. The van der Waals surface area contributed by atoms with Crippen molar-refractivity contribution in [2.75, 3.05) is 0 Å². The molecular formula is C12H9F2NO2S2. The molecule has 0 fully saturated rings. The van der Waals surface area contributed by atoms with E-state index in [0.717, 1.165) is 17.4 Å². The largest absolute Gasteiger partial charge is 0.477 e. The molecule has 1 aromatic carbocycles. The van der Waals surface area contributed by atoms with Crippen LogP contribution in [-0.2, 0) is 5.75 Å². The maximum atomic E-state index is 13.4. The van der Waals surface area contributed by atoms with Gasteiger partial charge in [0, 0.05) is 11.8 Å². The lowest BCUT2D eigenvalue weighted by Gasteiger charge is -2.01. The standard InChI is InChI=1S/C12H9F2NO2S2/c1-6-10(11(16)17)19-12(15-6)18-5-7-2-3-8(13)4-9(7)14/h2-4H,5H2,1H3,(H,16,17). The number of nitrogens with zero attached hydrogens (tertiary/aromatic N) is 1. The van der Waals surface area contributed by atoms with Gasteiger partial charge in [0.1, 0.15) is 16.5 Å². The zero-order chi connectivity index (χ0) is 14.0. The number of thiazole rings is 1. The van der Waals surface area contributed by atoms with Crippen molar-refractivity contribution in [1.82, 2.24) is 4.98 Å². The van der Waals surface area contributed by atoms with Crippen molar-refractivity contribution in [3.63, 3.8) is 0 Å². The first-order chi connectivity index (χ1) is 8.97. The molecule has 0 amide bonds. The molecular weight excluding hydrogens is 292 g/mol. The number of rotatable bonds is 4. The summed E-state index contributed by atoms with van der Waals surface area (Å²) in [4.78, 5) is 15.1. The third-order valence-electron chi connectivity index (χ3n) is 2.34. The van der Waals surface area contributed by atoms with Gasteiger partial charge in [-0.1, -0.05) is 17.8 Å². The minimum atomic E-state index is -1.02. The van der Waals surface area contributed by atoms with E-state index in [0.29, 0.717) is 15.6 Å². The van der Waals surface area contributed by atoms with Crippen molar-refractivity contribution < 1.29 is 18.7 Å². The van der Waals surface area contributed by atoms with Crippen LogP contribution in [0.25, 0.3) is 0 Å². The normalized spacial score (nSPS) is 10.7. The minimum absolute atomic E-state index is 0.182. The molecule has 0 atom stereocenters. The molecule has 0 saturated heterocycles.